The van der Waals surface area contributed by atoms with Gasteiger partial charge in [0.1, 0.15) is 5.82 Å². The number of rotatable bonds is 1. The lowest BCUT2D eigenvalue weighted by Gasteiger charge is -1.94. The topological polar surface area (TPSA) is 12.9 Å². The maximum absolute atomic E-state index is 12.7. The number of thiophene rings is 1. The second-order valence-electron chi connectivity index (χ2n) is 2.37. The second-order valence-corrected chi connectivity index (χ2v) is 3.15. The third kappa shape index (κ3) is 1.36. The summed E-state index contributed by atoms with van der Waals surface area (Å²) in [6.07, 6.45) is 1.47. The van der Waals surface area contributed by atoms with Crippen molar-refractivity contribution in [2.24, 2.45) is 0 Å². The molecule has 0 aromatic carbocycles. The largest absolute Gasteiger partial charge is 0.256 e. The zero-order chi connectivity index (χ0) is 8.39. The average molecular weight is 179 g/mol. The fraction of sp³-hybridized carbons (Fsp3) is 0. The second kappa shape index (κ2) is 3.03. The highest BCUT2D eigenvalue weighted by Gasteiger charge is 1.99. The first-order chi connectivity index (χ1) is 5.86. The SMILES string of the molecule is Fc1ccnc(-c2ccsc2)c1. The lowest BCUT2D eigenvalue weighted by atomic mass is 10.2. The van der Waals surface area contributed by atoms with Crippen molar-refractivity contribution < 1.29 is 4.39 Å². The van der Waals surface area contributed by atoms with E-state index in [9.17, 15) is 4.39 Å². The van der Waals surface area contributed by atoms with Crippen molar-refractivity contribution in [2.75, 3.05) is 0 Å². The number of nitrogens with zero attached hydrogens (tertiary/aromatic N) is 1. The molecular formula is C9H6FNS. The summed E-state index contributed by atoms with van der Waals surface area (Å²) >= 11 is 1.58. The van der Waals surface area contributed by atoms with Gasteiger partial charge in [0.05, 0.1) is 5.69 Å². The Morgan fingerprint density at radius 2 is 2.25 bits per heavy atom. The summed E-state index contributed by atoms with van der Waals surface area (Å²) in [5.41, 5.74) is 1.66. The first kappa shape index (κ1) is 7.43. The predicted molar refractivity (Wildman–Crippen MR) is 47.5 cm³/mol. The Bertz CT molecular complexity index is 370. The zero-order valence-corrected chi connectivity index (χ0v) is 7.01. The summed E-state index contributed by atoms with van der Waals surface area (Å²) in [4.78, 5) is 4.05. The molecule has 0 saturated heterocycles. The van der Waals surface area contributed by atoms with Crippen molar-refractivity contribution in [2.45, 2.75) is 0 Å². The van der Waals surface area contributed by atoms with Gasteiger partial charge in [-0.15, -0.1) is 0 Å². The summed E-state index contributed by atoms with van der Waals surface area (Å²) in [5.74, 6) is -0.244. The van der Waals surface area contributed by atoms with Crippen molar-refractivity contribution in [3.8, 4) is 11.3 Å². The standard InChI is InChI=1S/C9H6FNS/c10-8-1-3-11-9(5-8)7-2-4-12-6-7/h1-6H. The summed E-state index contributed by atoms with van der Waals surface area (Å²) in [6.45, 7) is 0. The third-order valence-corrected chi connectivity index (χ3v) is 2.22. The molecular weight excluding hydrogens is 173 g/mol. The zero-order valence-electron chi connectivity index (χ0n) is 6.20. The van der Waals surface area contributed by atoms with E-state index in [1.807, 2.05) is 16.8 Å². The fourth-order valence-electron chi connectivity index (χ4n) is 0.973. The molecule has 2 aromatic rings. The first-order valence-electron chi connectivity index (χ1n) is 3.50. The molecule has 2 aromatic heterocycles. The third-order valence-electron chi connectivity index (χ3n) is 1.54. The van der Waals surface area contributed by atoms with Crippen LogP contribution in [0.3, 0.4) is 0 Å². The monoisotopic (exact) mass is 179 g/mol. The van der Waals surface area contributed by atoms with Gasteiger partial charge in [0, 0.05) is 23.2 Å². The molecule has 0 atom stereocenters. The molecule has 0 fully saturated rings. The van der Waals surface area contributed by atoms with Gasteiger partial charge in [0.15, 0.2) is 0 Å². The van der Waals surface area contributed by atoms with E-state index >= 15 is 0 Å². The van der Waals surface area contributed by atoms with E-state index in [2.05, 4.69) is 4.98 Å². The number of pyridine rings is 1. The van der Waals surface area contributed by atoms with Crippen molar-refractivity contribution in [1.29, 1.82) is 0 Å². The van der Waals surface area contributed by atoms with Crippen molar-refractivity contribution >= 4 is 11.3 Å². The molecule has 0 amide bonds. The minimum Gasteiger partial charge on any atom is -0.256 e. The lowest BCUT2D eigenvalue weighted by molar-refractivity contribution is 0.626. The van der Waals surface area contributed by atoms with Crippen LogP contribution in [0.2, 0.25) is 0 Å². The Labute approximate surface area is 73.5 Å². The predicted octanol–water partition coefficient (Wildman–Crippen LogP) is 2.95. The summed E-state index contributed by atoms with van der Waals surface area (Å²) < 4.78 is 12.7. The Morgan fingerprint density at radius 3 is 2.92 bits per heavy atom. The Morgan fingerprint density at radius 1 is 1.33 bits per heavy atom. The van der Waals surface area contributed by atoms with Crippen LogP contribution in [0.1, 0.15) is 0 Å². The molecule has 2 heterocycles. The molecule has 1 nitrogen and oxygen atoms in total. The van der Waals surface area contributed by atoms with E-state index in [1.165, 1.54) is 18.3 Å². The van der Waals surface area contributed by atoms with Gasteiger partial charge in [0.25, 0.3) is 0 Å². The Kier molecular flexibility index (Phi) is 1.87. The summed E-state index contributed by atoms with van der Waals surface area (Å²) in [5, 5.41) is 3.89. The molecule has 0 aliphatic carbocycles. The highest BCUT2D eigenvalue weighted by atomic mass is 32.1. The van der Waals surface area contributed by atoms with E-state index in [0.29, 0.717) is 5.69 Å². The molecule has 0 bridgehead atoms. The summed E-state index contributed by atoms with van der Waals surface area (Å²) in [7, 11) is 0. The molecule has 0 N–H and O–H groups in total. The Balaban J connectivity index is 2.48. The van der Waals surface area contributed by atoms with Crippen LogP contribution in [0.5, 0.6) is 0 Å². The van der Waals surface area contributed by atoms with Gasteiger partial charge in [-0.25, -0.2) is 4.39 Å². The highest BCUT2D eigenvalue weighted by Crippen LogP contribution is 2.19. The fourth-order valence-corrected chi connectivity index (χ4v) is 1.62. The molecule has 0 saturated carbocycles. The van der Waals surface area contributed by atoms with Crippen LogP contribution in [0.25, 0.3) is 11.3 Å². The van der Waals surface area contributed by atoms with Gasteiger partial charge in [-0.2, -0.15) is 11.3 Å². The van der Waals surface area contributed by atoms with Gasteiger partial charge in [-0.3, -0.25) is 4.98 Å². The minimum atomic E-state index is -0.244. The van der Waals surface area contributed by atoms with E-state index in [4.69, 9.17) is 0 Å². The van der Waals surface area contributed by atoms with Crippen LogP contribution in [0, 0.1) is 5.82 Å². The molecule has 0 aliphatic heterocycles. The van der Waals surface area contributed by atoms with Gasteiger partial charge >= 0.3 is 0 Å². The molecule has 12 heavy (non-hydrogen) atoms. The molecule has 0 radical (unpaired) electrons. The average Bonchev–Trinajstić information content (AvgIpc) is 2.56. The number of halogens is 1. The van der Waals surface area contributed by atoms with Gasteiger partial charge in [-0.05, 0) is 17.5 Å². The summed E-state index contributed by atoms with van der Waals surface area (Å²) in [6, 6.07) is 4.70. The maximum atomic E-state index is 12.7. The highest BCUT2D eigenvalue weighted by molar-refractivity contribution is 7.08. The smallest absolute Gasteiger partial charge is 0.126 e. The number of aromatic nitrogens is 1. The van der Waals surface area contributed by atoms with Gasteiger partial charge in [0.2, 0.25) is 0 Å². The number of hydrogen-bond acceptors (Lipinski definition) is 2. The molecule has 0 unspecified atom stereocenters. The van der Waals surface area contributed by atoms with Crippen LogP contribution in [0.15, 0.2) is 35.2 Å². The molecule has 0 spiro atoms. The maximum Gasteiger partial charge on any atom is 0.126 e. The van der Waals surface area contributed by atoms with Gasteiger partial charge in [-0.1, -0.05) is 0 Å². The quantitative estimate of drug-likeness (QED) is 0.655. The van der Waals surface area contributed by atoms with Crippen LogP contribution in [0.4, 0.5) is 4.39 Å². The molecule has 3 heteroatoms. The van der Waals surface area contributed by atoms with E-state index in [0.717, 1.165) is 5.56 Å². The minimum absolute atomic E-state index is 0.244. The van der Waals surface area contributed by atoms with Crippen LogP contribution >= 0.6 is 11.3 Å². The van der Waals surface area contributed by atoms with Crippen LogP contribution in [-0.2, 0) is 0 Å². The Hall–Kier alpha value is -1.22. The van der Waals surface area contributed by atoms with E-state index in [1.54, 1.807) is 11.3 Å². The lowest BCUT2D eigenvalue weighted by Crippen LogP contribution is -1.81. The normalized spacial score (nSPS) is 10.1. The first-order valence-corrected chi connectivity index (χ1v) is 4.45. The van der Waals surface area contributed by atoms with Crippen molar-refractivity contribution in [1.82, 2.24) is 4.98 Å². The number of hydrogen-bond donors (Lipinski definition) is 0. The van der Waals surface area contributed by atoms with Crippen LogP contribution < -0.4 is 0 Å². The van der Waals surface area contributed by atoms with Gasteiger partial charge < -0.3 is 0 Å². The van der Waals surface area contributed by atoms with Crippen molar-refractivity contribution in [3.63, 3.8) is 0 Å². The van der Waals surface area contributed by atoms with Crippen molar-refractivity contribution in [3.05, 3.63) is 41.0 Å². The van der Waals surface area contributed by atoms with E-state index < -0.39 is 0 Å². The molecule has 0 aliphatic rings. The van der Waals surface area contributed by atoms with Crippen LogP contribution in [-0.4, -0.2) is 4.98 Å². The molecule has 60 valence electrons. The molecule has 2 rings (SSSR count). The van der Waals surface area contributed by atoms with E-state index in [-0.39, 0.29) is 5.82 Å².